The van der Waals surface area contributed by atoms with Crippen LogP contribution < -0.4 is 0 Å². The molecule has 5 heteroatoms. The van der Waals surface area contributed by atoms with Gasteiger partial charge in [-0.2, -0.15) is 0 Å². The van der Waals surface area contributed by atoms with Gasteiger partial charge in [0.25, 0.3) is 0 Å². The zero-order valence-corrected chi connectivity index (χ0v) is 6.46. The quantitative estimate of drug-likeness (QED) is 0.489. The van der Waals surface area contributed by atoms with E-state index < -0.39 is 19.1 Å². The number of rotatable bonds is 0. The molecule has 1 aliphatic heterocycles. The number of hydrogen-bond acceptors (Lipinski definition) is 4. The fourth-order valence-corrected chi connectivity index (χ4v) is 0.685. The summed E-state index contributed by atoms with van der Waals surface area (Å²) in [4.78, 5) is 3.80. The van der Waals surface area contributed by atoms with E-state index in [-0.39, 0.29) is 0 Å². The zero-order valence-electron chi connectivity index (χ0n) is 4.09. The molecule has 0 unspecified atom stereocenters. The van der Waals surface area contributed by atoms with E-state index in [2.05, 4.69) is 10.5 Å². The van der Waals surface area contributed by atoms with Crippen molar-refractivity contribution in [2.45, 2.75) is 0 Å². The molecule has 0 aliphatic carbocycles. The number of thioether (sulfide) groups is 1. The molecule has 0 amide bonds. The molecule has 1 rings (SSSR count). The molecule has 1 radical (unpaired) electrons. The van der Waals surface area contributed by atoms with Gasteiger partial charge in [-0.3, -0.25) is 4.99 Å². The average molecular weight is 166 g/mol. The minimum absolute atomic E-state index is 0.977. The van der Waals surface area contributed by atoms with Crippen LogP contribution in [0.25, 0.3) is 0 Å². The Morgan fingerprint density at radius 3 is 2.38 bits per heavy atom. The fraction of sp³-hybridized carbons (Fsp3) is 0.667. The second-order valence-electron chi connectivity index (χ2n) is 0.905. The van der Waals surface area contributed by atoms with Crippen molar-refractivity contribution in [3.8, 4) is 0 Å². The van der Waals surface area contributed by atoms with Gasteiger partial charge < -0.3 is 0 Å². The Morgan fingerprint density at radius 2 is 2.25 bits per heavy atom. The van der Waals surface area contributed by atoms with Crippen molar-refractivity contribution in [3.05, 3.63) is 0 Å². The van der Waals surface area contributed by atoms with Crippen LogP contribution in [-0.2, 0) is 25.7 Å². The maximum absolute atomic E-state index is 8.50. The molecule has 3 nitrogen and oxygen atoms in total. The van der Waals surface area contributed by atoms with Crippen LogP contribution in [-0.4, -0.2) is 17.8 Å². The average Bonchev–Trinajstić information content (AvgIpc) is 2.17. The van der Waals surface area contributed by atoms with Crippen molar-refractivity contribution in [1.29, 1.82) is 0 Å². The van der Waals surface area contributed by atoms with Gasteiger partial charge >= 0.3 is 25.7 Å². The number of aliphatic imine (C=N–C) groups is 1. The van der Waals surface area contributed by atoms with Crippen molar-refractivity contribution in [1.82, 2.24) is 0 Å². The summed E-state index contributed by atoms with van der Waals surface area (Å²) in [7, 11) is 0. The zero-order chi connectivity index (χ0) is 6.24. The summed E-state index contributed by atoms with van der Waals surface area (Å²) in [5.41, 5.74) is 2.76. The summed E-state index contributed by atoms with van der Waals surface area (Å²) >= 11 is -0.343. The van der Waals surface area contributed by atoms with Crippen LogP contribution in [0, 0.1) is 0 Å². The first-order chi connectivity index (χ1) is 3.91. The van der Waals surface area contributed by atoms with Crippen LogP contribution in [0.5, 0.6) is 0 Å². The first-order valence-corrected chi connectivity index (χ1v) is 4.20. The van der Waals surface area contributed by atoms with Gasteiger partial charge in [0, 0.05) is 12.3 Å². The Morgan fingerprint density at radius 1 is 1.62 bits per heavy atom. The topological polar surface area (TPSA) is 46.5 Å². The third kappa shape index (κ3) is 6.33. The molecule has 0 atom stereocenters. The fourth-order valence-electron chi connectivity index (χ4n) is 0.228. The van der Waals surface area contributed by atoms with Gasteiger partial charge in [0.2, 0.25) is 0 Å². The van der Waals surface area contributed by atoms with E-state index in [1.165, 1.54) is 0 Å². The van der Waals surface area contributed by atoms with E-state index in [1.807, 2.05) is 0 Å². The Hall–Kier alpha value is 0.334. The van der Waals surface area contributed by atoms with E-state index in [4.69, 9.17) is 6.65 Å². The third-order valence-corrected chi connectivity index (χ3v) is 1.08. The minimum atomic E-state index is -2.00. The predicted octanol–water partition coefficient (Wildman–Crippen LogP) is 0.398. The van der Waals surface area contributed by atoms with E-state index in [0.29, 0.717) is 0 Å². The van der Waals surface area contributed by atoms with Gasteiger partial charge in [-0.15, -0.1) is 11.8 Å². The first-order valence-electron chi connectivity index (χ1n) is 1.94. The Labute approximate surface area is 60.5 Å². The van der Waals surface area contributed by atoms with Crippen molar-refractivity contribution in [2.75, 3.05) is 12.3 Å². The molecule has 0 saturated heterocycles. The standard InChI is InChI=1S/C3H4NS.2O.Ti/c1-2-5-3-4-1;;;/h1-2H2;;;. The monoisotopic (exact) mass is 166 g/mol. The molecule has 1 heterocycles. The van der Waals surface area contributed by atoms with E-state index in [0.717, 1.165) is 12.3 Å². The molecule has 0 aromatic heterocycles. The van der Waals surface area contributed by atoms with Crippen molar-refractivity contribution in [3.63, 3.8) is 0 Å². The van der Waals surface area contributed by atoms with Crippen LogP contribution in [0.1, 0.15) is 0 Å². The first kappa shape index (κ1) is 8.33. The second kappa shape index (κ2) is 7.33. The molecule has 0 aromatic rings. The maximum atomic E-state index is 8.50. The third-order valence-electron chi connectivity index (χ3n) is 0.434. The molecule has 1 aliphatic rings. The molecule has 8 heavy (non-hydrogen) atoms. The van der Waals surface area contributed by atoms with Crippen molar-refractivity contribution >= 4 is 17.3 Å². The Kier molecular flexibility index (Phi) is 7.64. The van der Waals surface area contributed by atoms with Gasteiger partial charge in [-0.1, -0.05) is 0 Å². The summed E-state index contributed by atoms with van der Waals surface area (Å²) < 4.78 is 17.0. The Bertz CT molecular complexity index is 104. The summed E-state index contributed by atoms with van der Waals surface area (Å²) in [6.07, 6.45) is 0. The van der Waals surface area contributed by atoms with Crippen LogP contribution in [0.15, 0.2) is 4.99 Å². The summed E-state index contributed by atoms with van der Waals surface area (Å²) in [5.74, 6) is 1.14. The molecule has 43 valence electrons. The van der Waals surface area contributed by atoms with E-state index in [9.17, 15) is 0 Å². The molecular weight excluding hydrogens is 162 g/mol. The Balaban J connectivity index is 0.000000145. The van der Waals surface area contributed by atoms with Crippen LogP contribution in [0.2, 0.25) is 0 Å². The van der Waals surface area contributed by atoms with Crippen molar-refractivity contribution < 1.29 is 25.7 Å². The molecular formula is C3H4NO2STi. The number of nitrogens with zero attached hydrogens (tertiary/aromatic N) is 1. The molecule has 0 bridgehead atoms. The number of hydrogen-bond donors (Lipinski definition) is 0. The van der Waals surface area contributed by atoms with Gasteiger partial charge in [0.15, 0.2) is 0 Å². The SMILES string of the molecule is [C]1=NCCS1.[O]=[Ti]=[O]. The summed E-state index contributed by atoms with van der Waals surface area (Å²) in [5, 5.41) is 0. The van der Waals surface area contributed by atoms with Crippen molar-refractivity contribution in [2.24, 2.45) is 4.99 Å². The van der Waals surface area contributed by atoms with Crippen LogP contribution in [0.4, 0.5) is 0 Å². The van der Waals surface area contributed by atoms with Crippen LogP contribution >= 0.6 is 11.8 Å². The normalized spacial score (nSPS) is 14.0. The van der Waals surface area contributed by atoms with E-state index in [1.54, 1.807) is 11.8 Å². The molecule has 0 N–H and O–H groups in total. The van der Waals surface area contributed by atoms with Crippen LogP contribution in [0.3, 0.4) is 0 Å². The van der Waals surface area contributed by atoms with E-state index >= 15 is 0 Å². The molecule has 0 aromatic carbocycles. The van der Waals surface area contributed by atoms with Gasteiger partial charge in [0.1, 0.15) is 5.55 Å². The van der Waals surface area contributed by atoms with Gasteiger partial charge in [-0.25, -0.2) is 0 Å². The predicted molar refractivity (Wildman–Crippen MR) is 26.1 cm³/mol. The molecule has 0 spiro atoms. The van der Waals surface area contributed by atoms with Gasteiger partial charge in [-0.05, 0) is 0 Å². The summed E-state index contributed by atoms with van der Waals surface area (Å²) in [6, 6.07) is 0. The molecule has 0 saturated carbocycles. The van der Waals surface area contributed by atoms with Gasteiger partial charge in [0.05, 0.1) is 0 Å². The molecule has 0 fully saturated rings. The second-order valence-corrected chi connectivity index (χ2v) is 2.04. The summed E-state index contributed by atoms with van der Waals surface area (Å²) in [6.45, 7) is 0.977.